The number of phenols is 1. The number of fused-ring (bicyclic) bond motifs is 3. The number of nitrogens with zero attached hydrogens (tertiary/aromatic N) is 3. The molecule has 3 aromatic rings. The molecule has 29 heavy (non-hydrogen) atoms. The normalized spacial score (nSPS) is 26.0. The molecule has 1 aromatic carbocycles. The minimum absolute atomic E-state index is 0.0786. The fourth-order valence-electron chi connectivity index (χ4n) is 4.50. The summed E-state index contributed by atoms with van der Waals surface area (Å²) in [4.78, 5) is 13.7. The molecule has 2 saturated heterocycles. The zero-order valence-corrected chi connectivity index (χ0v) is 15.9. The van der Waals surface area contributed by atoms with Gasteiger partial charge in [-0.3, -0.25) is 4.79 Å². The number of piperidine rings is 1. The summed E-state index contributed by atoms with van der Waals surface area (Å²) in [5.74, 6) is 0.500. The molecule has 2 aliphatic rings. The van der Waals surface area contributed by atoms with Crippen LogP contribution in [0.4, 0.5) is 10.2 Å². The number of alkyl halides is 1. The van der Waals surface area contributed by atoms with E-state index in [9.17, 15) is 14.3 Å². The van der Waals surface area contributed by atoms with Crippen molar-refractivity contribution in [1.82, 2.24) is 15.5 Å². The van der Waals surface area contributed by atoms with Crippen LogP contribution in [0.3, 0.4) is 0 Å². The van der Waals surface area contributed by atoms with Crippen molar-refractivity contribution in [1.29, 1.82) is 0 Å². The van der Waals surface area contributed by atoms with E-state index in [2.05, 4.69) is 15.5 Å². The maximum atomic E-state index is 14.8. The molecular formula is C21H21FN4O3. The Bertz CT molecular complexity index is 1120. The lowest BCUT2D eigenvalue weighted by atomic mass is 9.96. The fourth-order valence-corrected chi connectivity index (χ4v) is 4.50. The molecule has 0 aliphatic carbocycles. The number of phenolic OH excluding ortho intramolecular Hbond substituents is 1. The van der Waals surface area contributed by atoms with Gasteiger partial charge in [-0.1, -0.05) is 0 Å². The molecule has 7 nitrogen and oxygen atoms in total. The van der Waals surface area contributed by atoms with Crippen molar-refractivity contribution >= 4 is 16.8 Å². The van der Waals surface area contributed by atoms with Gasteiger partial charge in [0.2, 0.25) is 0 Å². The molecule has 4 heterocycles. The fraction of sp³-hybridized carbons (Fsp3) is 0.381. The number of hydrogen-bond donors (Lipinski definition) is 2. The Kier molecular flexibility index (Phi) is 4.24. The highest BCUT2D eigenvalue weighted by Gasteiger charge is 2.43. The number of aromatic hydroxyl groups is 1. The summed E-state index contributed by atoms with van der Waals surface area (Å²) in [6.07, 6.45) is 2.99. The van der Waals surface area contributed by atoms with Gasteiger partial charge in [-0.2, -0.15) is 0 Å². The molecule has 8 heteroatoms. The quantitative estimate of drug-likeness (QED) is 0.703. The van der Waals surface area contributed by atoms with Crippen molar-refractivity contribution in [2.24, 2.45) is 0 Å². The highest BCUT2D eigenvalue weighted by atomic mass is 19.1. The minimum Gasteiger partial charge on any atom is -0.507 e. The first-order chi connectivity index (χ1) is 14.0. The summed E-state index contributed by atoms with van der Waals surface area (Å²) >= 11 is 0. The van der Waals surface area contributed by atoms with Gasteiger partial charge in [0.25, 0.3) is 0 Å². The van der Waals surface area contributed by atoms with Crippen LogP contribution in [0.5, 0.6) is 5.75 Å². The Balaban J connectivity index is 1.44. The first-order valence-corrected chi connectivity index (χ1v) is 9.73. The topological polar surface area (TPSA) is 91.5 Å². The third kappa shape index (κ3) is 3.04. The Labute approximate surface area is 166 Å². The number of nitrogens with one attached hydrogen (secondary N) is 1. The van der Waals surface area contributed by atoms with Crippen LogP contribution in [0, 0.1) is 0 Å². The number of rotatable bonds is 3. The summed E-state index contributed by atoms with van der Waals surface area (Å²) in [5, 5.41) is 22.5. The lowest BCUT2D eigenvalue weighted by Gasteiger charge is -2.38. The molecule has 5 rings (SSSR count). The molecule has 4 atom stereocenters. The van der Waals surface area contributed by atoms with Gasteiger partial charge in [-0.25, -0.2) is 4.39 Å². The molecular weight excluding hydrogens is 375 g/mol. The third-order valence-electron chi connectivity index (χ3n) is 6.12. The summed E-state index contributed by atoms with van der Waals surface area (Å²) in [6, 6.07) is 7.77. The van der Waals surface area contributed by atoms with Crippen molar-refractivity contribution in [3.8, 4) is 17.0 Å². The average Bonchev–Trinajstić information content (AvgIpc) is 3.14. The van der Waals surface area contributed by atoms with Crippen molar-refractivity contribution < 1.29 is 13.9 Å². The average molecular weight is 396 g/mol. The van der Waals surface area contributed by atoms with E-state index < -0.39 is 6.17 Å². The van der Waals surface area contributed by atoms with Crippen molar-refractivity contribution in [2.45, 2.75) is 43.6 Å². The Morgan fingerprint density at radius 1 is 1.24 bits per heavy atom. The second kappa shape index (κ2) is 6.81. The van der Waals surface area contributed by atoms with E-state index in [0.29, 0.717) is 34.1 Å². The number of anilines is 1. The van der Waals surface area contributed by atoms with E-state index in [1.807, 2.05) is 11.9 Å². The van der Waals surface area contributed by atoms with Gasteiger partial charge in [0.05, 0.1) is 23.4 Å². The Morgan fingerprint density at radius 2 is 2.10 bits per heavy atom. The molecule has 0 radical (unpaired) electrons. The van der Waals surface area contributed by atoms with Gasteiger partial charge >= 0.3 is 0 Å². The Hall–Kier alpha value is -3.00. The second-order valence-electron chi connectivity index (χ2n) is 7.83. The lowest BCUT2D eigenvalue weighted by Crippen LogP contribution is -2.55. The van der Waals surface area contributed by atoms with E-state index in [1.54, 1.807) is 18.2 Å². The molecule has 2 aromatic heterocycles. The van der Waals surface area contributed by atoms with Crippen LogP contribution >= 0.6 is 0 Å². The van der Waals surface area contributed by atoms with E-state index >= 15 is 0 Å². The monoisotopic (exact) mass is 396 g/mol. The maximum absolute atomic E-state index is 14.8. The summed E-state index contributed by atoms with van der Waals surface area (Å²) in [6.45, 7) is 0. The molecule has 0 amide bonds. The molecule has 0 spiro atoms. The lowest BCUT2D eigenvalue weighted by molar-refractivity contribution is 0.176. The first-order valence-electron chi connectivity index (χ1n) is 9.73. The molecule has 2 bridgehead atoms. The summed E-state index contributed by atoms with van der Waals surface area (Å²) in [7, 11) is 1.84. The third-order valence-corrected chi connectivity index (χ3v) is 6.12. The maximum Gasteiger partial charge on any atom is 0.192 e. The predicted octanol–water partition coefficient (Wildman–Crippen LogP) is 2.62. The zero-order chi connectivity index (χ0) is 20.1. The zero-order valence-electron chi connectivity index (χ0n) is 15.9. The van der Waals surface area contributed by atoms with E-state index in [0.717, 1.165) is 19.3 Å². The predicted molar refractivity (Wildman–Crippen MR) is 107 cm³/mol. The molecule has 2 aliphatic heterocycles. The van der Waals surface area contributed by atoms with Crippen LogP contribution < -0.4 is 15.6 Å². The minimum atomic E-state index is -0.951. The number of benzene rings is 1. The molecule has 0 saturated carbocycles. The second-order valence-corrected chi connectivity index (χ2v) is 7.83. The van der Waals surface area contributed by atoms with Crippen LogP contribution in [0.25, 0.3) is 22.2 Å². The summed E-state index contributed by atoms with van der Waals surface area (Å²) in [5.41, 5.74) is 0.985. The van der Waals surface area contributed by atoms with Gasteiger partial charge in [0, 0.05) is 30.8 Å². The van der Waals surface area contributed by atoms with Crippen LogP contribution in [0.15, 0.2) is 45.8 Å². The van der Waals surface area contributed by atoms with Gasteiger partial charge < -0.3 is 19.7 Å². The largest absolute Gasteiger partial charge is 0.507 e. The number of aromatic nitrogens is 2. The van der Waals surface area contributed by atoms with Crippen LogP contribution in [0.1, 0.15) is 19.3 Å². The van der Waals surface area contributed by atoms with Crippen molar-refractivity contribution in [2.75, 3.05) is 11.9 Å². The van der Waals surface area contributed by atoms with Crippen molar-refractivity contribution in [3.63, 3.8) is 0 Å². The van der Waals surface area contributed by atoms with Crippen molar-refractivity contribution in [3.05, 3.63) is 46.8 Å². The smallest absolute Gasteiger partial charge is 0.192 e. The van der Waals surface area contributed by atoms with Gasteiger partial charge in [-0.15, -0.1) is 10.2 Å². The first kappa shape index (κ1) is 18.1. The van der Waals surface area contributed by atoms with Crippen LogP contribution in [-0.2, 0) is 0 Å². The number of halogens is 1. The Morgan fingerprint density at radius 3 is 2.90 bits per heavy atom. The molecule has 2 unspecified atom stereocenters. The molecule has 2 N–H and O–H groups in total. The highest BCUT2D eigenvalue weighted by Crippen LogP contribution is 2.34. The van der Waals surface area contributed by atoms with Gasteiger partial charge in [0.1, 0.15) is 17.5 Å². The summed E-state index contributed by atoms with van der Waals surface area (Å²) < 4.78 is 20.2. The standard InChI is InChI=1S/C21H21FN4O3/c1-26(16-8-11-2-3-15(23-11)21(16)22)20-5-4-14(24-25-20)12-10-19-13(9-18(12)28)17(27)6-7-29-19/h4-7,9-11,15-16,21,23,28H,2-3,8H2,1H3/t11?,15?,16-,21+/m1/s1. The number of hydrogen-bond acceptors (Lipinski definition) is 7. The van der Waals surface area contributed by atoms with E-state index in [1.165, 1.54) is 18.4 Å². The van der Waals surface area contributed by atoms with E-state index in [-0.39, 0.29) is 23.3 Å². The SMILES string of the molecule is CN(c1ccc(-c2cc3occc(=O)c3cc2O)nn1)[C@@H]1CC2CCC(N2)[C@@H]1F. The van der Waals surface area contributed by atoms with Gasteiger partial charge in [0.15, 0.2) is 11.2 Å². The van der Waals surface area contributed by atoms with Crippen LogP contribution in [0.2, 0.25) is 0 Å². The van der Waals surface area contributed by atoms with Gasteiger partial charge in [-0.05, 0) is 43.5 Å². The van der Waals surface area contributed by atoms with Crippen LogP contribution in [-0.4, -0.2) is 46.6 Å². The molecule has 150 valence electrons. The van der Waals surface area contributed by atoms with E-state index in [4.69, 9.17) is 4.42 Å². The molecule has 2 fully saturated rings. The highest BCUT2D eigenvalue weighted by molar-refractivity contribution is 5.85.